The minimum Gasteiger partial charge on any atom is -0.278 e. The lowest BCUT2D eigenvalue weighted by atomic mass is 10.2. The number of rotatable bonds is 3. The number of anilines is 1. The fourth-order valence-corrected chi connectivity index (χ4v) is 2.47. The zero-order valence-corrected chi connectivity index (χ0v) is 10.4. The van der Waals surface area contributed by atoms with Crippen LogP contribution in [-0.2, 0) is 10.0 Å². The first kappa shape index (κ1) is 13.0. The van der Waals surface area contributed by atoms with Gasteiger partial charge in [0.15, 0.2) is 0 Å². The lowest BCUT2D eigenvalue weighted by molar-refractivity contribution is 0.600. The molecule has 7 heteroatoms. The van der Waals surface area contributed by atoms with Gasteiger partial charge in [-0.3, -0.25) is 9.71 Å². The molecule has 0 unspecified atom stereocenters. The molecule has 0 radical (unpaired) electrons. The number of aromatic nitrogens is 1. The molecule has 1 heterocycles. The van der Waals surface area contributed by atoms with Crippen LogP contribution in [0.5, 0.6) is 0 Å². The molecule has 0 saturated carbocycles. The summed E-state index contributed by atoms with van der Waals surface area (Å²) in [5.74, 6) is -0.783. The second-order valence-electron chi connectivity index (χ2n) is 3.57. The fourth-order valence-electron chi connectivity index (χ4n) is 1.43. The van der Waals surface area contributed by atoms with E-state index in [0.717, 1.165) is 12.3 Å². The van der Waals surface area contributed by atoms with E-state index in [1.807, 2.05) is 0 Å². The molecule has 1 aromatic carbocycles. The number of pyridine rings is 1. The summed E-state index contributed by atoms with van der Waals surface area (Å²) in [4.78, 5) is 3.63. The van der Waals surface area contributed by atoms with Crippen molar-refractivity contribution in [1.29, 1.82) is 5.26 Å². The molecule has 0 atom stereocenters. The molecule has 1 aromatic heterocycles. The van der Waals surface area contributed by atoms with Crippen LogP contribution >= 0.6 is 0 Å². The standard InChI is InChI=1S/C12H8FN3O2S/c13-11-4-1-5-12(10(11)7-14)16-19(17,18)9-3-2-6-15-8-9/h1-6,8,16H. The molecule has 0 aliphatic rings. The highest BCUT2D eigenvalue weighted by molar-refractivity contribution is 7.92. The van der Waals surface area contributed by atoms with Crippen molar-refractivity contribution in [2.24, 2.45) is 0 Å². The van der Waals surface area contributed by atoms with E-state index in [1.54, 1.807) is 6.07 Å². The van der Waals surface area contributed by atoms with Crippen molar-refractivity contribution in [2.75, 3.05) is 4.72 Å². The van der Waals surface area contributed by atoms with Crippen LogP contribution in [0, 0.1) is 17.1 Å². The summed E-state index contributed by atoms with van der Waals surface area (Å²) in [6, 6.07) is 8.15. The highest BCUT2D eigenvalue weighted by Gasteiger charge is 2.17. The van der Waals surface area contributed by atoms with E-state index >= 15 is 0 Å². The minimum absolute atomic E-state index is 0.0665. The summed E-state index contributed by atoms with van der Waals surface area (Å²) in [5.41, 5.74) is -0.457. The average Bonchev–Trinajstić information content (AvgIpc) is 2.40. The Kier molecular flexibility index (Phi) is 3.44. The van der Waals surface area contributed by atoms with Gasteiger partial charge in [-0.25, -0.2) is 12.8 Å². The van der Waals surface area contributed by atoms with Crippen LogP contribution in [0.4, 0.5) is 10.1 Å². The van der Waals surface area contributed by atoms with E-state index < -0.39 is 15.8 Å². The molecule has 2 aromatic rings. The summed E-state index contributed by atoms with van der Waals surface area (Å²) in [6.07, 6.45) is 2.59. The number of sulfonamides is 1. The Morgan fingerprint density at radius 1 is 1.26 bits per heavy atom. The van der Waals surface area contributed by atoms with Crippen LogP contribution in [0.25, 0.3) is 0 Å². The fraction of sp³-hybridized carbons (Fsp3) is 0. The molecule has 0 amide bonds. The third-order valence-electron chi connectivity index (χ3n) is 2.31. The second-order valence-corrected chi connectivity index (χ2v) is 5.25. The molecule has 0 aliphatic heterocycles. The highest BCUT2D eigenvalue weighted by atomic mass is 32.2. The number of nitriles is 1. The lowest BCUT2D eigenvalue weighted by Gasteiger charge is -2.09. The topological polar surface area (TPSA) is 82.9 Å². The first-order valence-corrected chi connectivity index (χ1v) is 6.64. The predicted molar refractivity (Wildman–Crippen MR) is 66.2 cm³/mol. The van der Waals surface area contributed by atoms with Gasteiger partial charge < -0.3 is 0 Å². The van der Waals surface area contributed by atoms with Crippen LogP contribution in [0.3, 0.4) is 0 Å². The Hall–Kier alpha value is -2.46. The molecule has 5 nitrogen and oxygen atoms in total. The number of nitrogens with one attached hydrogen (secondary N) is 1. The summed E-state index contributed by atoms with van der Waals surface area (Å²) in [6.45, 7) is 0. The molecule has 0 aliphatic carbocycles. The lowest BCUT2D eigenvalue weighted by Crippen LogP contribution is -2.14. The molecule has 19 heavy (non-hydrogen) atoms. The predicted octanol–water partition coefficient (Wildman–Crippen LogP) is 1.89. The van der Waals surface area contributed by atoms with Crippen molar-refractivity contribution < 1.29 is 12.8 Å². The molecular weight excluding hydrogens is 269 g/mol. The SMILES string of the molecule is N#Cc1c(F)cccc1NS(=O)(=O)c1cccnc1. The Morgan fingerprint density at radius 3 is 2.68 bits per heavy atom. The molecule has 2 rings (SSSR count). The van der Waals surface area contributed by atoms with Crippen molar-refractivity contribution in [2.45, 2.75) is 4.90 Å². The van der Waals surface area contributed by atoms with E-state index in [1.165, 1.54) is 30.5 Å². The molecule has 0 fully saturated rings. The zero-order chi connectivity index (χ0) is 13.9. The maximum atomic E-state index is 13.4. The second kappa shape index (κ2) is 5.04. The maximum absolute atomic E-state index is 13.4. The van der Waals surface area contributed by atoms with Gasteiger partial charge in [0.2, 0.25) is 0 Å². The van der Waals surface area contributed by atoms with Gasteiger partial charge in [0, 0.05) is 12.4 Å². The quantitative estimate of drug-likeness (QED) is 0.928. The minimum atomic E-state index is -3.89. The van der Waals surface area contributed by atoms with Crippen molar-refractivity contribution in [1.82, 2.24) is 4.98 Å². The van der Waals surface area contributed by atoms with Gasteiger partial charge in [-0.15, -0.1) is 0 Å². The van der Waals surface area contributed by atoms with Crippen molar-refractivity contribution in [3.8, 4) is 6.07 Å². The smallest absolute Gasteiger partial charge is 0.263 e. The van der Waals surface area contributed by atoms with Crippen LogP contribution in [0.15, 0.2) is 47.6 Å². The summed E-state index contributed by atoms with van der Waals surface area (Å²) >= 11 is 0. The van der Waals surface area contributed by atoms with Crippen LogP contribution in [0.2, 0.25) is 0 Å². The number of nitrogens with zero attached hydrogens (tertiary/aromatic N) is 2. The average molecular weight is 277 g/mol. The summed E-state index contributed by atoms with van der Waals surface area (Å²) in [5, 5.41) is 8.83. The molecule has 1 N–H and O–H groups in total. The monoisotopic (exact) mass is 277 g/mol. The normalized spacial score (nSPS) is 10.7. The van der Waals surface area contributed by atoms with E-state index in [0.29, 0.717) is 0 Å². The van der Waals surface area contributed by atoms with Crippen molar-refractivity contribution in [3.63, 3.8) is 0 Å². The van der Waals surface area contributed by atoms with E-state index in [2.05, 4.69) is 9.71 Å². The van der Waals surface area contributed by atoms with E-state index in [4.69, 9.17) is 5.26 Å². The summed E-state index contributed by atoms with van der Waals surface area (Å²) in [7, 11) is -3.89. The van der Waals surface area contributed by atoms with Crippen molar-refractivity contribution >= 4 is 15.7 Å². The van der Waals surface area contributed by atoms with E-state index in [9.17, 15) is 12.8 Å². The zero-order valence-electron chi connectivity index (χ0n) is 9.54. The van der Waals surface area contributed by atoms with Gasteiger partial charge in [0.25, 0.3) is 10.0 Å². The van der Waals surface area contributed by atoms with Gasteiger partial charge in [-0.1, -0.05) is 6.07 Å². The summed E-state index contributed by atoms with van der Waals surface area (Å²) < 4.78 is 39.5. The van der Waals surface area contributed by atoms with Crippen molar-refractivity contribution in [3.05, 3.63) is 54.1 Å². The van der Waals surface area contributed by atoms with Crippen LogP contribution < -0.4 is 4.72 Å². The Labute approximate surface area is 109 Å². The molecule has 96 valence electrons. The molecule has 0 spiro atoms. The first-order valence-electron chi connectivity index (χ1n) is 5.16. The van der Waals surface area contributed by atoms with Gasteiger partial charge >= 0.3 is 0 Å². The van der Waals surface area contributed by atoms with Crippen LogP contribution in [0.1, 0.15) is 5.56 Å². The third kappa shape index (κ3) is 2.69. The van der Waals surface area contributed by atoms with Gasteiger partial charge in [0.05, 0.1) is 5.69 Å². The molecular formula is C12H8FN3O2S. The number of benzene rings is 1. The Morgan fingerprint density at radius 2 is 2.05 bits per heavy atom. The molecule has 0 bridgehead atoms. The van der Waals surface area contributed by atoms with Crippen LogP contribution in [-0.4, -0.2) is 13.4 Å². The van der Waals surface area contributed by atoms with Gasteiger partial charge in [-0.05, 0) is 24.3 Å². The maximum Gasteiger partial charge on any atom is 0.263 e. The van der Waals surface area contributed by atoms with Gasteiger partial charge in [0.1, 0.15) is 22.3 Å². The molecule has 0 saturated heterocycles. The number of halogens is 1. The largest absolute Gasteiger partial charge is 0.278 e. The van der Waals surface area contributed by atoms with Gasteiger partial charge in [-0.2, -0.15) is 5.26 Å². The highest BCUT2D eigenvalue weighted by Crippen LogP contribution is 2.21. The first-order chi connectivity index (χ1) is 9.04. The third-order valence-corrected chi connectivity index (χ3v) is 3.67. The Balaban J connectivity index is 2.43. The number of hydrogen-bond acceptors (Lipinski definition) is 4. The number of hydrogen-bond donors (Lipinski definition) is 1. The van der Waals surface area contributed by atoms with E-state index in [-0.39, 0.29) is 16.1 Å². The Bertz CT molecular complexity index is 739.